The molecule has 1 aromatic carbocycles. The van der Waals surface area contributed by atoms with Gasteiger partial charge < -0.3 is 14.6 Å². The van der Waals surface area contributed by atoms with Gasteiger partial charge in [-0.15, -0.1) is 4.72 Å². The molecule has 0 bridgehead atoms. The molecule has 3 unspecified atom stereocenters. The second-order valence-electron chi connectivity index (χ2n) is 9.38. The van der Waals surface area contributed by atoms with Crippen molar-refractivity contribution >= 4 is 17.3 Å². The fraction of sp³-hybridized carbons (Fsp3) is 0.542. The maximum Gasteiger partial charge on any atom is 0.286 e. The molecule has 0 aromatic heterocycles. The Morgan fingerprint density at radius 1 is 1.34 bits per heavy atom. The monoisotopic (exact) mass is 520 g/mol. The topological polar surface area (TPSA) is 75.6 Å². The lowest BCUT2D eigenvalue weighted by Gasteiger charge is -2.34. The van der Waals surface area contributed by atoms with Crippen LogP contribution in [0.3, 0.4) is 0 Å². The van der Waals surface area contributed by atoms with E-state index in [0.717, 1.165) is 30.9 Å². The lowest BCUT2D eigenvalue weighted by molar-refractivity contribution is -0.149. The molecular formula is C24H29F5N2O3S. The van der Waals surface area contributed by atoms with Crippen LogP contribution in [-0.4, -0.2) is 62.5 Å². The largest absolute Gasteiger partial charge is 0.598 e. The van der Waals surface area contributed by atoms with Crippen LogP contribution in [0, 0.1) is 18.6 Å². The van der Waals surface area contributed by atoms with E-state index in [2.05, 4.69) is 4.72 Å². The molecule has 5 nitrogen and oxygen atoms in total. The van der Waals surface area contributed by atoms with Crippen LogP contribution >= 0.6 is 0 Å². The number of hydrogen-bond donors (Lipinski definition) is 2. The van der Waals surface area contributed by atoms with Crippen molar-refractivity contribution in [2.24, 2.45) is 0 Å². The first kappa shape index (κ1) is 27.6. The Morgan fingerprint density at radius 2 is 2.00 bits per heavy atom. The van der Waals surface area contributed by atoms with E-state index in [1.807, 2.05) is 0 Å². The highest BCUT2D eigenvalue weighted by Crippen LogP contribution is 2.41. The molecule has 0 radical (unpaired) electrons. The number of likely N-dealkylation sites (tertiary alicyclic amines) is 1. The van der Waals surface area contributed by atoms with Gasteiger partial charge in [-0.05, 0) is 51.3 Å². The molecule has 1 fully saturated rings. The predicted octanol–water partition coefficient (Wildman–Crippen LogP) is 3.84. The van der Waals surface area contributed by atoms with Crippen molar-refractivity contribution in [1.29, 1.82) is 0 Å². The molecule has 0 spiro atoms. The predicted molar refractivity (Wildman–Crippen MR) is 123 cm³/mol. The van der Waals surface area contributed by atoms with E-state index < -0.39 is 71.1 Å². The highest BCUT2D eigenvalue weighted by Gasteiger charge is 2.59. The smallest absolute Gasteiger partial charge is 0.286 e. The quantitative estimate of drug-likeness (QED) is 0.423. The zero-order valence-electron chi connectivity index (χ0n) is 19.8. The van der Waals surface area contributed by atoms with Crippen LogP contribution in [0.25, 0.3) is 0 Å². The molecule has 1 heterocycles. The minimum Gasteiger partial charge on any atom is -0.598 e. The number of aliphatic hydroxyl groups is 1. The van der Waals surface area contributed by atoms with Gasteiger partial charge in [0.15, 0.2) is 0 Å². The molecule has 3 rings (SSSR count). The minimum absolute atomic E-state index is 0.0178. The number of benzene rings is 1. The van der Waals surface area contributed by atoms with Crippen molar-refractivity contribution in [2.45, 2.75) is 69.8 Å². The van der Waals surface area contributed by atoms with Gasteiger partial charge in [0.05, 0.1) is 12.6 Å². The molecule has 11 heteroatoms. The summed E-state index contributed by atoms with van der Waals surface area (Å²) in [6, 6.07) is -0.925. The lowest BCUT2D eigenvalue weighted by Crippen LogP contribution is -2.54. The molecule has 35 heavy (non-hydrogen) atoms. The molecule has 1 aromatic rings. The van der Waals surface area contributed by atoms with Crippen LogP contribution in [0.4, 0.5) is 22.0 Å². The zero-order valence-corrected chi connectivity index (χ0v) is 20.6. The Labute approximate surface area is 204 Å². The van der Waals surface area contributed by atoms with E-state index in [9.17, 15) is 32.0 Å². The highest BCUT2D eigenvalue weighted by atomic mass is 32.2. The number of carbonyl (C=O) groups is 1. The van der Waals surface area contributed by atoms with E-state index in [1.54, 1.807) is 0 Å². The average Bonchev–Trinajstić information content (AvgIpc) is 3.02. The summed E-state index contributed by atoms with van der Waals surface area (Å²) in [5.41, 5.74) is -2.30. The summed E-state index contributed by atoms with van der Waals surface area (Å²) in [5, 5.41) is 10.2. The van der Waals surface area contributed by atoms with Crippen LogP contribution in [0.2, 0.25) is 0 Å². The summed E-state index contributed by atoms with van der Waals surface area (Å²) >= 11 is -1.84. The fourth-order valence-corrected chi connectivity index (χ4v) is 5.22. The van der Waals surface area contributed by atoms with E-state index in [-0.39, 0.29) is 28.9 Å². The number of halogens is 5. The Kier molecular flexibility index (Phi) is 8.05. The van der Waals surface area contributed by atoms with Crippen LogP contribution < -0.4 is 4.72 Å². The van der Waals surface area contributed by atoms with Crippen molar-refractivity contribution in [3.8, 4) is 0 Å². The Hall–Kier alpha value is -1.95. The van der Waals surface area contributed by atoms with Gasteiger partial charge in [0, 0.05) is 22.8 Å². The van der Waals surface area contributed by atoms with Gasteiger partial charge in [-0.2, -0.15) is 0 Å². The Morgan fingerprint density at radius 3 is 2.60 bits per heavy atom. The third kappa shape index (κ3) is 5.58. The fourth-order valence-electron chi connectivity index (χ4n) is 4.44. The maximum absolute atomic E-state index is 15.7. The number of alkyl halides is 3. The number of carbonyl (C=O) groups excluding carboxylic acids is 1. The molecule has 2 aliphatic rings. The first-order valence-corrected chi connectivity index (χ1v) is 12.5. The van der Waals surface area contributed by atoms with Crippen molar-refractivity contribution in [3.63, 3.8) is 0 Å². The van der Waals surface area contributed by atoms with Gasteiger partial charge in [0.2, 0.25) is 0 Å². The van der Waals surface area contributed by atoms with Gasteiger partial charge in [0.25, 0.3) is 11.8 Å². The summed E-state index contributed by atoms with van der Waals surface area (Å²) < 4.78 is 88.6. The summed E-state index contributed by atoms with van der Waals surface area (Å²) in [6.45, 7) is 4.03. The number of nitrogens with zero attached hydrogens (tertiary/aromatic N) is 1. The van der Waals surface area contributed by atoms with Crippen LogP contribution in [0.1, 0.15) is 44.2 Å². The van der Waals surface area contributed by atoms with Crippen molar-refractivity contribution in [1.82, 2.24) is 9.62 Å². The molecule has 0 saturated carbocycles. The van der Waals surface area contributed by atoms with Gasteiger partial charge in [0.1, 0.15) is 35.2 Å². The molecular weight excluding hydrogens is 491 g/mol. The number of rotatable bonds is 7. The van der Waals surface area contributed by atoms with Crippen molar-refractivity contribution in [2.75, 3.05) is 12.3 Å². The van der Waals surface area contributed by atoms with E-state index >= 15 is 4.39 Å². The van der Waals surface area contributed by atoms with Gasteiger partial charge in [-0.1, -0.05) is 24.3 Å². The number of amides is 1. The van der Waals surface area contributed by atoms with Crippen LogP contribution in [0.5, 0.6) is 0 Å². The number of hydrogen-bond acceptors (Lipinski definition) is 4. The van der Waals surface area contributed by atoms with Crippen molar-refractivity contribution < 1.29 is 36.4 Å². The normalized spacial score (nSPS) is 27.2. The van der Waals surface area contributed by atoms with E-state index in [4.69, 9.17) is 0 Å². The standard InChI is InChI=1S/C24H29F5N2O3S/c1-5-35(34)30-21-18(31(12-24(21,28)29)22(32)23(3,4)33)11-14-7-6-8-15(20(14)27)16-9-10-17(25)13(2)19(16)26/h6-10,15,18,20-21,30,33H,5,11-12H2,1-4H3/t15?,18-,20?,21+,35?/m0/s1. The molecule has 1 aliphatic carbocycles. The first-order valence-electron chi connectivity index (χ1n) is 11.2. The minimum atomic E-state index is -3.51. The second-order valence-corrected chi connectivity index (χ2v) is 10.9. The third-order valence-electron chi connectivity index (χ3n) is 6.38. The van der Waals surface area contributed by atoms with Gasteiger partial charge in [-0.3, -0.25) is 4.79 Å². The van der Waals surface area contributed by atoms with Crippen LogP contribution in [0.15, 0.2) is 35.9 Å². The van der Waals surface area contributed by atoms with E-state index in [1.165, 1.54) is 32.1 Å². The van der Waals surface area contributed by atoms with Gasteiger partial charge >= 0.3 is 0 Å². The van der Waals surface area contributed by atoms with Crippen molar-refractivity contribution in [3.05, 3.63) is 58.7 Å². The molecule has 1 saturated heterocycles. The first-order chi connectivity index (χ1) is 16.2. The zero-order chi connectivity index (χ0) is 26.3. The molecule has 194 valence electrons. The molecule has 1 amide bonds. The third-order valence-corrected chi connectivity index (χ3v) is 7.42. The lowest BCUT2D eigenvalue weighted by atomic mass is 9.82. The molecule has 2 N–H and O–H groups in total. The number of nitrogens with one attached hydrogen (secondary N) is 1. The van der Waals surface area contributed by atoms with Crippen LogP contribution in [-0.2, 0) is 16.2 Å². The summed E-state index contributed by atoms with van der Waals surface area (Å²) in [4.78, 5) is 13.6. The van der Waals surface area contributed by atoms with E-state index in [0.29, 0.717) is 0 Å². The average molecular weight is 521 g/mol. The molecule has 5 atom stereocenters. The summed E-state index contributed by atoms with van der Waals surface area (Å²) in [5.74, 6) is -7.26. The summed E-state index contributed by atoms with van der Waals surface area (Å²) in [6.07, 6.45) is 2.00. The Balaban J connectivity index is 1.95. The number of allylic oxidation sites excluding steroid dienone is 3. The maximum atomic E-state index is 15.7. The molecule has 1 aliphatic heterocycles. The second kappa shape index (κ2) is 10.2. The SMILES string of the molecule is CC[S+]([O-])N[C@@H]1[C@H](CC2=CC=CC(c3ccc(F)c(C)c3F)C2F)N(C(=O)C(C)(C)O)CC1(F)F. The Bertz CT molecular complexity index is 1030. The van der Waals surface area contributed by atoms with Gasteiger partial charge in [-0.25, -0.2) is 22.0 Å². The highest BCUT2D eigenvalue weighted by molar-refractivity contribution is 7.89. The summed E-state index contributed by atoms with van der Waals surface area (Å²) in [7, 11) is 0.